The monoisotopic (exact) mass is 694 g/mol. The number of esters is 1. The number of carbonyl (C=O) groups is 6. The molecule has 5 aromatic rings. The van der Waals surface area contributed by atoms with Crippen molar-refractivity contribution in [1.82, 2.24) is 19.1 Å². The van der Waals surface area contributed by atoms with Crippen molar-refractivity contribution in [1.29, 1.82) is 0 Å². The van der Waals surface area contributed by atoms with Crippen LogP contribution in [0.25, 0.3) is 15.8 Å². The Hall–Kier alpha value is -6.33. The maximum Gasteiger partial charge on any atom is 0.303 e. The molecule has 2 aliphatic heterocycles. The molecule has 5 amide bonds. The SMILES string of the molecule is CC(=O)O[C@@H](C(=O)Nc1ccc2c(N3C(=O)c4ccccc4C3=O)nsc2c1C(N)=O)C1OCCN(c2cc(C)n(-c3ccncc3)n2)C1=O. The number of fused-ring (bicyclic) bond motifs is 2. The number of hydrogen-bond donors (Lipinski definition) is 2. The van der Waals surface area contributed by atoms with Gasteiger partial charge in [0.2, 0.25) is 6.10 Å². The Balaban J connectivity index is 1.18. The van der Waals surface area contributed by atoms with Gasteiger partial charge in [0, 0.05) is 36.5 Å². The molecule has 3 aromatic heterocycles. The zero-order chi connectivity index (χ0) is 35.3. The Morgan fingerprint density at radius 2 is 1.74 bits per heavy atom. The maximum atomic E-state index is 13.8. The molecule has 17 heteroatoms. The molecular weight excluding hydrogens is 668 g/mol. The van der Waals surface area contributed by atoms with Gasteiger partial charge in [-0.25, -0.2) is 9.58 Å². The maximum absolute atomic E-state index is 13.8. The molecule has 252 valence electrons. The quantitative estimate of drug-likeness (QED) is 0.178. The van der Waals surface area contributed by atoms with E-state index in [-0.39, 0.29) is 51.4 Å². The largest absolute Gasteiger partial charge is 0.449 e. The van der Waals surface area contributed by atoms with Crippen molar-refractivity contribution in [2.24, 2.45) is 5.73 Å². The van der Waals surface area contributed by atoms with Gasteiger partial charge in [-0.1, -0.05) is 12.1 Å². The highest BCUT2D eigenvalue weighted by Crippen LogP contribution is 2.39. The van der Waals surface area contributed by atoms with Gasteiger partial charge < -0.3 is 20.5 Å². The van der Waals surface area contributed by atoms with E-state index >= 15 is 0 Å². The van der Waals surface area contributed by atoms with Crippen LogP contribution in [0.2, 0.25) is 0 Å². The van der Waals surface area contributed by atoms with Gasteiger partial charge in [-0.05, 0) is 54.9 Å². The minimum absolute atomic E-state index is 0.00253. The van der Waals surface area contributed by atoms with E-state index in [4.69, 9.17) is 15.2 Å². The van der Waals surface area contributed by atoms with Crippen molar-refractivity contribution in [2.75, 3.05) is 28.3 Å². The average molecular weight is 695 g/mol. The third kappa shape index (κ3) is 5.43. The molecule has 1 unspecified atom stereocenters. The lowest BCUT2D eigenvalue weighted by Crippen LogP contribution is -2.56. The van der Waals surface area contributed by atoms with Crippen LogP contribution in [0, 0.1) is 6.92 Å². The highest BCUT2D eigenvalue weighted by Gasteiger charge is 2.44. The molecular formula is C33H26N8O8S. The molecule has 2 aromatic carbocycles. The lowest BCUT2D eigenvalue weighted by molar-refractivity contribution is -0.167. The molecule has 7 rings (SSSR count). The molecule has 5 heterocycles. The zero-order valence-electron chi connectivity index (χ0n) is 26.4. The van der Waals surface area contributed by atoms with Crippen molar-refractivity contribution in [3.8, 4) is 5.69 Å². The van der Waals surface area contributed by atoms with Crippen molar-refractivity contribution in [2.45, 2.75) is 26.1 Å². The summed E-state index contributed by atoms with van der Waals surface area (Å²) in [4.78, 5) is 85.1. The molecule has 3 N–H and O–H groups in total. The Labute approximate surface area is 286 Å². The van der Waals surface area contributed by atoms with Crippen LogP contribution in [-0.2, 0) is 23.9 Å². The van der Waals surface area contributed by atoms with E-state index in [1.807, 2.05) is 6.92 Å². The summed E-state index contributed by atoms with van der Waals surface area (Å²) < 4.78 is 17.1. The second kappa shape index (κ2) is 12.6. The number of amides is 5. The number of imide groups is 1. The van der Waals surface area contributed by atoms with Gasteiger partial charge in [0.15, 0.2) is 17.7 Å². The molecule has 2 atom stereocenters. The average Bonchev–Trinajstić information content (AvgIpc) is 3.77. The summed E-state index contributed by atoms with van der Waals surface area (Å²) in [6.45, 7) is 2.99. The number of nitrogens with two attached hydrogens (primary N) is 1. The third-order valence-electron chi connectivity index (χ3n) is 8.14. The molecule has 16 nitrogen and oxygen atoms in total. The predicted molar refractivity (Wildman–Crippen MR) is 178 cm³/mol. The molecule has 0 radical (unpaired) electrons. The minimum atomic E-state index is -1.78. The first kappa shape index (κ1) is 32.2. The number of carbonyl (C=O) groups excluding carboxylic acids is 6. The van der Waals surface area contributed by atoms with Gasteiger partial charge in [0.1, 0.15) is 0 Å². The molecule has 1 fully saturated rings. The summed E-state index contributed by atoms with van der Waals surface area (Å²) in [6.07, 6.45) is -0.127. The van der Waals surface area contributed by atoms with Crippen LogP contribution in [0.5, 0.6) is 0 Å². The number of nitrogens with one attached hydrogen (secondary N) is 1. The smallest absolute Gasteiger partial charge is 0.303 e. The molecule has 1 saturated heterocycles. The van der Waals surface area contributed by atoms with Gasteiger partial charge in [-0.2, -0.15) is 4.37 Å². The fraction of sp³-hybridized carbons (Fsp3) is 0.182. The Kier molecular flexibility index (Phi) is 8.12. The molecule has 0 aliphatic carbocycles. The summed E-state index contributed by atoms with van der Waals surface area (Å²) in [5.41, 5.74) is 7.37. The van der Waals surface area contributed by atoms with Crippen molar-refractivity contribution in [3.05, 3.63) is 89.4 Å². The summed E-state index contributed by atoms with van der Waals surface area (Å²) in [5, 5.41) is 7.37. The summed E-state index contributed by atoms with van der Waals surface area (Å²) in [6, 6.07) is 14.3. The Morgan fingerprint density at radius 3 is 2.40 bits per heavy atom. The van der Waals surface area contributed by atoms with Crippen LogP contribution in [-0.4, -0.2) is 80.0 Å². The van der Waals surface area contributed by atoms with Gasteiger partial charge in [-0.3, -0.25) is 38.7 Å². The van der Waals surface area contributed by atoms with Gasteiger partial charge in [-0.15, -0.1) is 5.10 Å². The molecule has 50 heavy (non-hydrogen) atoms. The number of ether oxygens (including phenoxy) is 2. The number of aryl methyl sites for hydroxylation is 1. The Bertz CT molecular complexity index is 2220. The summed E-state index contributed by atoms with van der Waals surface area (Å²) in [5.74, 6) is -4.35. The molecule has 0 spiro atoms. The number of benzene rings is 2. The first-order valence-electron chi connectivity index (χ1n) is 15.1. The fourth-order valence-corrected chi connectivity index (χ4v) is 6.82. The van der Waals surface area contributed by atoms with Crippen LogP contribution < -0.4 is 20.9 Å². The van der Waals surface area contributed by atoms with Gasteiger partial charge >= 0.3 is 5.97 Å². The van der Waals surface area contributed by atoms with Gasteiger partial charge in [0.05, 0.1) is 45.9 Å². The highest BCUT2D eigenvalue weighted by molar-refractivity contribution is 7.14. The van der Waals surface area contributed by atoms with Crippen LogP contribution in [0.4, 0.5) is 17.3 Å². The lowest BCUT2D eigenvalue weighted by Gasteiger charge is -2.34. The number of anilines is 3. The number of aromatic nitrogens is 4. The summed E-state index contributed by atoms with van der Waals surface area (Å²) in [7, 11) is 0. The number of primary amides is 1. The number of rotatable bonds is 8. The lowest BCUT2D eigenvalue weighted by atomic mass is 10.1. The van der Waals surface area contributed by atoms with E-state index < -0.39 is 47.7 Å². The number of pyridine rings is 1. The standard InChI is InChI=1S/C33H26N8O8S/c1-16-15-23(37-41(16)18-9-11-35-12-10-18)39-13-14-48-26(33(39)47)25(49-17(2)42)30(44)36-22-8-7-21-27(24(22)28(34)43)50-38-29(21)40-31(45)19-5-3-4-6-20(19)32(40)46/h3-12,15,25-26H,13-14H2,1-2H3,(H2,34,43)(H,36,44)/t25-,26?/m1/s1. The molecule has 2 aliphatic rings. The first-order valence-corrected chi connectivity index (χ1v) is 15.9. The van der Waals surface area contributed by atoms with Crippen molar-refractivity contribution < 1.29 is 38.2 Å². The Morgan fingerprint density at radius 1 is 1.04 bits per heavy atom. The third-order valence-corrected chi connectivity index (χ3v) is 9.01. The van der Waals surface area contributed by atoms with Crippen LogP contribution in [0.15, 0.2) is 67.0 Å². The topological polar surface area (TPSA) is 209 Å². The number of hydrogen-bond acceptors (Lipinski definition) is 12. The zero-order valence-corrected chi connectivity index (χ0v) is 27.2. The normalized spacial score (nSPS) is 16.4. The first-order chi connectivity index (χ1) is 24.0. The molecule has 0 saturated carbocycles. The van der Waals surface area contributed by atoms with Crippen molar-refractivity contribution >= 4 is 74.4 Å². The van der Waals surface area contributed by atoms with Crippen molar-refractivity contribution in [3.63, 3.8) is 0 Å². The second-order valence-corrected chi connectivity index (χ2v) is 12.1. The highest BCUT2D eigenvalue weighted by atomic mass is 32.1. The number of morpholine rings is 1. The minimum Gasteiger partial charge on any atom is -0.449 e. The van der Waals surface area contributed by atoms with E-state index in [0.29, 0.717) is 5.82 Å². The predicted octanol–water partition coefficient (Wildman–Crippen LogP) is 2.39. The van der Waals surface area contributed by atoms with E-state index in [2.05, 4.69) is 19.8 Å². The second-order valence-electron chi connectivity index (χ2n) is 11.3. The van der Waals surface area contributed by atoms with E-state index in [1.54, 1.807) is 47.4 Å². The van der Waals surface area contributed by atoms with Crippen LogP contribution in [0.3, 0.4) is 0 Å². The van der Waals surface area contributed by atoms with E-state index in [0.717, 1.165) is 34.7 Å². The van der Waals surface area contributed by atoms with Gasteiger partial charge in [0.25, 0.3) is 29.5 Å². The number of nitrogens with zero attached hydrogens (tertiary/aromatic N) is 6. The van der Waals surface area contributed by atoms with E-state index in [9.17, 15) is 28.8 Å². The van der Waals surface area contributed by atoms with E-state index in [1.165, 1.54) is 29.2 Å². The fourth-order valence-electron chi connectivity index (χ4n) is 5.91. The van der Waals surface area contributed by atoms with Crippen LogP contribution in [0.1, 0.15) is 43.7 Å². The summed E-state index contributed by atoms with van der Waals surface area (Å²) >= 11 is 0.795. The van der Waals surface area contributed by atoms with Crippen LogP contribution >= 0.6 is 11.5 Å². The molecule has 0 bridgehead atoms.